The molecule has 0 aliphatic rings. The molecule has 3 aromatic rings. The van der Waals surface area contributed by atoms with Crippen LogP contribution in [0.15, 0.2) is 52.9 Å². The quantitative estimate of drug-likeness (QED) is 0.527. The van der Waals surface area contributed by atoms with Crippen molar-refractivity contribution in [2.45, 2.75) is 10.9 Å². The van der Waals surface area contributed by atoms with E-state index in [1.165, 1.54) is 23.1 Å². The van der Waals surface area contributed by atoms with Gasteiger partial charge in [0.1, 0.15) is 5.75 Å². The van der Waals surface area contributed by atoms with Crippen LogP contribution in [0.1, 0.15) is 5.56 Å². The zero-order valence-corrected chi connectivity index (χ0v) is 16.8. The summed E-state index contributed by atoms with van der Waals surface area (Å²) in [6.45, 7) is 0.401. The molecule has 0 bridgehead atoms. The van der Waals surface area contributed by atoms with Gasteiger partial charge < -0.3 is 15.4 Å². The Balaban J connectivity index is 1.47. The van der Waals surface area contributed by atoms with Crippen LogP contribution in [-0.4, -0.2) is 29.0 Å². The maximum atomic E-state index is 12.0. The van der Waals surface area contributed by atoms with Crippen molar-refractivity contribution in [3.05, 3.63) is 59.1 Å². The Morgan fingerprint density at radius 1 is 1.22 bits per heavy atom. The number of anilines is 2. The van der Waals surface area contributed by atoms with E-state index in [1.807, 2.05) is 42.5 Å². The zero-order chi connectivity index (χ0) is 19.1. The van der Waals surface area contributed by atoms with Crippen molar-refractivity contribution in [2.24, 2.45) is 0 Å². The lowest BCUT2D eigenvalue weighted by Crippen LogP contribution is -2.24. The molecule has 1 aromatic heterocycles. The van der Waals surface area contributed by atoms with Crippen LogP contribution in [-0.2, 0) is 11.3 Å². The minimum Gasteiger partial charge on any atom is -0.497 e. The first-order valence-electron chi connectivity index (χ1n) is 8.01. The molecule has 2 aromatic carbocycles. The van der Waals surface area contributed by atoms with Gasteiger partial charge in [0.2, 0.25) is 11.0 Å². The van der Waals surface area contributed by atoms with E-state index in [2.05, 4.69) is 20.8 Å². The Morgan fingerprint density at radius 2 is 2.07 bits per heavy atom. The molecular weight excluding hydrogens is 404 g/mol. The predicted molar refractivity (Wildman–Crippen MR) is 110 cm³/mol. The second kappa shape index (κ2) is 9.59. The van der Waals surface area contributed by atoms with Gasteiger partial charge in [0, 0.05) is 23.3 Å². The van der Waals surface area contributed by atoms with Gasteiger partial charge in [-0.05, 0) is 23.8 Å². The molecule has 0 saturated heterocycles. The molecule has 0 saturated carbocycles. The van der Waals surface area contributed by atoms with E-state index in [0.29, 0.717) is 21.0 Å². The summed E-state index contributed by atoms with van der Waals surface area (Å²) in [5.41, 5.74) is 1.75. The second-order valence-electron chi connectivity index (χ2n) is 5.39. The number of amides is 1. The fourth-order valence-corrected chi connectivity index (χ4v) is 3.96. The van der Waals surface area contributed by atoms with Crippen LogP contribution < -0.4 is 15.4 Å². The van der Waals surface area contributed by atoms with Gasteiger partial charge in [-0.15, -0.1) is 10.2 Å². The summed E-state index contributed by atoms with van der Waals surface area (Å²) in [7, 11) is 1.62. The Morgan fingerprint density at radius 3 is 2.89 bits per heavy atom. The van der Waals surface area contributed by atoms with Crippen molar-refractivity contribution in [1.82, 2.24) is 15.5 Å². The van der Waals surface area contributed by atoms with Crippen molar-refractivity contribution in [2.75, 3.05) is 18.2 Å². The Labute approximate surface area is 170 Å². The monoisotopic (exact) mass is 420 g/mol. The molecule has 140 valence electrons. The average Bonchev–Trinajstić information content (AvgIpc) is 3.13. The Bertz CT molecular complexity index is 920. The molecule has 2 N–H and O–H groups in total. The lowest BCUT2D eigenvalue weighted by molar-refractivity contribution is -0.118. The number of carbonyl (C=O) groups is 1. The SMILES string of the molecule is COc1cccc(Nc2nnc(SCC(=O)NCc3ccccc3Cl)s2)c1. The van der Waals surface area contributed by atoms with Crippen LogP contribution in [0.25, 0.3) is 0 Å². The van der Waals surface area contributed by atoms with Gasteiger partial charge in [-0.25, -0.2) is 0 Å². The zero-order valence-electron chi connectivity index (χ0n) is 14.4. The molecule has 3 rings (SSSR count). The molecule has 0 aliphatic carbocycles. The summed E-state index contributed by atoms with van der Waals surface area (Å²) in [5, 5.41) is 15.5. The molecule has 9 heteroatoms. The number of benzene rings is 2. The number of rotatable bonds is 8. The molecule has 0 fully saturated rings. The maximum absolute atomic E-state index is 12.0. The highest BCUT2D eigenvalue weighted by Crippen LogP contribution is 2.28. The lowest BCUT2D eigenvalue weighted by Gasteiger charge is -2.06. The number of nitrogens with one attached hydrogen (secondary N) is 2. The lowest BCUT2D eigenvalue weighted by atomic mass is 10.2. The minimum atomic E-state index is -0.0857. The standard InChI is InChI=1S/C18H17ClN4O2S2/c1-25-14-7-4-6-13(9-14)21-17-22-23-18(27-17)26-11-16(24)20-10-12-5-2-3-8-15(12)19/h2-9H,10-11H2,1H3,(H,20,24)(H,21,22). The van der Waals surface area contributed by atoms with E-state index in [9.17, 15) is 4.79 Å². The number of hydrogen-bond donors (Lipinski definition) is 2. The third-order valence-corrected chi connectivity index (χ3v) is 5.83. The van der Waals surface area contributed by atoms with Gasteiger partial charge in [-0.2, -0.15) is 0 Å². The number of hydrogen-bond acceptors (Lipinski definition) is 7. The molecule has 1 heterocycles. The van der Waals surface area contributed by atoms with Gasteiger partial charge in [0.25, 0.3) is 0 Å². The normalized spacial score (nSPS) is 10.4. The molecule has 6 nitrogen and oxygen atoms in total. The van der Waals surface area contributed by atoms with E-state index in [0.717, 1.165) is 17.0 Å². The van der Waals surface area contributed by atoms with Crippen molar-refractivity contribution in [3.63, 3.8) is 0 Å². The highest BCUT2D eigenvalue weighted by Gasteiger charge is 2.09. The van der Waals surface area contributed by atoms with E-state index >= 15 is 0 Å². The first kappa shape index (κ1) is 19.5. The van der Waals surface area contributed by atoms with E-state index in [4.69, 9.17) is 16.3 Å². The second-order valence-corrected chi connectivity index (χ2v) is 7.99. The van der Waals surface area contributed by atoms with Crippen molar-refractivity contribution in [1.29, 1.82) is 0 Å². The third-order valence-electron chi connectivity index (χ3n) is 3.49. The maximum Gasteiger partial charge on any atom is 0.230 e. The van der Waals surface area contributed by atoms with E-state index < -0.39 is 0 Å². The number of carbonyl (C=O) groups excluding carboxylic acids is 1. The van der Waals surface area contributed by atoms with Gasteiger partial charge in [-0.3, -0.25) is 4.79 Å². The van der Waals surface area contributed by atoms with E-state index in [-0.39, 0.29) is 11.7 Å². The fraction of sp³-hybridized carbons (Fsp3) is 0.167. The first-order chi connectivity index (χ1) is 13.1. The van der Waals surface area contributed by atoms with Crippen molar-refractivity contribution in [3.8, 4) is 5.75 Å². The highest BCUT2D eigenvalue weighted by molar-refractivity contribution is 8.01. The molecule has 0 aliphatic heterocycles. The predicted octanol–water partition coefficient (Wildman–Crippen LogP) is 4.35. The first-order valence-corrected chi connectivity index (χ1v) is 10.2. The third kappa shape index (κ3) is 5.85. The topological polar surface area (TPSA) is 76.1 Å². The molecule has 0 unspecified atom stereocenters. The van der Waals surface area contributed by atoms with Crippen molar-refractivity contribution >= 4 is 51.4 Å². The van der Waals surface area contributed by atoms with Crippen LogP contribution in [0.3, 0.4) is 0 Å². The Kier molecular flexibility index (Phi) is 6.92. The smallest absolute Gasteiger partial charge is 0.230 e. The largest absolute Gasteiger partial charge is 0.497 e. The summed E-state index contributed by atoms with van der Waals surface area (Å²) < 4.78 is 5.91. The molecular formula is C18H17ClN4O2S2. The number of aromatic nitrogens is 2. The minimum absolute atomic E-state index is 0.0857. The fourth-order valence-electron chi connectivity index (χ4n) is 2.16. The van der Waals surface area contributed by atoms with E-state index in [1.54, 1.807) is 13.2 Å². The number of ether oxygens (including phenoxy) is 1. The molecule has 0 radical (unpaired) electrons. The van der Waals surface area contributed by atoms with Gasteiger partial charge >= 0.3 is 0 Å². The summed E-state index contributed by atoms with van der Waals surface area (Å²) in [6.07, 6.45) is 0. The summed E-state index contributed by atoms with van der Waals surface area (Å²) in [5.74, 6) is 0.935. The van der Waals surface area contributed by atoms with Crippen LogP contribution in [0.2, 0.25) is 5.02 Å². The number of halogens is 1. The van der Waals surface area contributed by atoms with Crippen LogP contribution in [0.4, 0.5) is 10.8 Å². The molecule has 27 heavy (non-hydrogen) atoms. The number of thioether (sulfide) groups is 1. The van der Waals surface area contributed by atoms with Crippen LogP contribution in [0, 0.1) is 0 Å². The summed E-state index contributed by atoms with van der Waals surface area (Å²) in [4.78, 5) is 12.0. The van der Waals surface area contributed by atoms with Gasteiger partial charge in [0.15, 0.2) is 4.34 Å². The average molecular weight is 421 g/mol. The number of methoxy groups -OCH3 is 1. The summed E-state index contributed by atoms with van der Waals surface area (Å²) in [6, 6.07) is 15.0. The van der Waals surface area contributed by atoms with Crippen LogP contribution >= 0.6 is 34.7 Å². The molecule has 1 amide bonds. The summed E-state index contributed by atoms with van der Waals surface area (Å²) >= 11 is 8.81. The van der Waals surface area contributed by atoms with Crippen LogP contribution in [0.5, 0.6) is 5.75 Å². The Hall–Kier alpha value is -2.29. The molecule has 0 spiro atoms. The highest BCUT2D eigenvalue weighted by atomic mass is 35.5. The molecule has 0 atom stereocenters. The van der Waals surface area contributed by atoms with Gasteiger partial charge in [-0.1, -0.05) is 59.0 Å². The van der Waals surface area contributed by atoms with Crippen molar-refractivity contribution < 1.29 is 9.53 Å². The number of nitrogens with zero attached hydrogens (tertiary/aromatic N) is 2. The van der Waals surface area contributed by atoms with Gasteiger partial charge in [0.05, 0.1) is 12.9 Å².